The van der Waals surface area contributed by atoms with Crippen LogP contribution < -0.4 is 10.6 Å². The van der Waals surface area contributed by atoms with Crippen molar-refractivity contribution >= 4 is 40.9 Å². The van der Waals surface area contributed by atoms with E-state index in [4.69, 9.17) is 16.3 Å². The number of esters is 1. The monoisotopic (exact) mass is 378 g/mol. The maximum Gasteiger partial charge on any atom is 0.310 e. The van der Waals surface area contributed by atoms with Gasteiger partial charge in [-0.15, -0.1) is 0 Å². The summed E-state index contributed by atoms with van der Waals surface area (Å²) in [5.74, 6) is -0.871. The van der Waals surface area contributed by atoms with Crippen molar-refractivity contribution in [1.29, 1.82) is 0 Å². The fraction of sp³-hybridized carbons (Fsp3) is 0.294. The van der Waals surface area contributed by atoms with Crippen molar-refractivity contribution in [2.45, 2.75) is 20.3 Å². The number of carbonyl (C=O) groups is 3. The molecule has 2 aromatic rings. The highest BCUT2D eigenvalue weighted by Gasteiger charge is 2.19. The van der Waals surface area contributed by atoms with Crippen molar-refractivity contribution in [3.8, 4) is 0 Å². The highest BCUT2D eigenvalue weighted by atomic mass is 35.5. The van der Waals surface area contributed by atoms with Crippen LogP contribution in [0.4, 0.5) is 11.5 Å². The van der Waals surface area contributed by atoms with Gasteiger partial charge >= 0.3 is 5.97 Å². The third-order valence-electron chi connectivity index (χ3n) is 3.42. The molecule has 0 aliphatic rings. The Balaban J connectivity index is 2.28. The molecule has 0 aliphatic carbocycles. The van der Waals surface area contributed by atoms with Gasteiger partial charge in [0.05, 0.1) is 30.5 Å². The fourth-order valence-electron chi connectivity index (χ4n) is 2.32. The molecule has 0 aliphatic heterocycles. The average molecular weight is 379 g/mol. The highest BCUT2D eigenvalue weighted by Crippen LogP contribution is 2.23. The number of anilines is 2. The van der Waals surface area contributed by atoms with E-state index in [2.05, 4.69) is 15.7 Å². The number of ether oxygens (including phenoxy) is 1. The van der Waals surface area contributed by atoms with E-state index in [0.29, 0.717) is 22.1 Å². The van der Waals surface area contributed by atoms with Crippen molar-refractivity contribution in [1.82, 2.24) is 9.78 Å². The molecule has 0 saturated carbocycles. The maximum absolute atomic E-state index is 12.7. The third-order valence-corrected chi connectivity index (χ3v) is 3.66. The Labute approximate surface area is 155 Å². The molecule has 2 N–H and O–H groups in total. The van der Waals surface area contributed by atoms with Crippen LogP contribution in [0.2, 0.25) is 5.02 Å². The first-order valence-corrected chi connectivity index (χ1v) is 8.24. The zero-order chi connectivity index (χ0) is 19.3. The number of aromatic nitrogens is 2. The number of hydrogen-bond donors (Lipinski definition) is 2. The number of carbonyl (C=O) groups excluding carboxylic acids is 3. The van der Waals surface area contributed by atoms with Crippen molar-refractivity contribution < 1.29 is 19.1 Å². The lowest BCUT2D eigenvalue weighted by molar-refractivity contribution is -0.142. The Morgan fingerprint density at radius 3 is 2.65 bits per heavy atom. The predicted molar refractivity (Wildman–Crippen MR) is 97.3 cm³/mol. The SMILES string of the molecule is CCOC(=O)Cc1cnn(C)c1NC(=O)c1cc(Cl)ccc1NC(C)=O. The van der Waals surface area contributed by atoms with Crippen molar-refractivity contribution in [3.63, 3.8) is 0 Å². The number of rotatable bonds is 6. The smallest absolute Gasteiger partial charge is 0.310 e. The lowest BCUT2D eigenvalue weighted by Crippen LogP contribution is -2.19. The van der Waals surface area contributed by atoms with E-state index in [-0.39, 0.29) is 24.5 Å². The Morgan fingerprint density at radius 1 is 1.27 bits per heavy atom. The van der Waals surface area contributed by atoms with Gasteiger partial charge in [-0.2, -0.15) is 5.10 Å². The molecule has 2 rings (SSSR count). The fourth-order valence-corrected chi connectivity index (χ4v) is 2.49. The number of amides is 2. The summed E-state index contributed by atoms with van der Waals surface area (Å²) in [6.07, 6.45) is 1.46. The van der Waals surface area contributed by atoms with Crippen LogP contribution in [0.15, 0.2) is 24.4 Å². The number of benzene rings is 1. The normalized spacial score (nSPS) is 10.3. The van der Waals surface area contributed by atoms with E-state index < -0.39 is 11.9 Å². The van der Waals surface area contributed by atoms with Gasteiger partial charge in [0.1, 0.15) is 5.82 Å². The lowest BCUT2D eigenvalue weighted by Gasteiger charge is -2.12. The van der Waals surface area contributed by atoms with Crippen LogP contribution in [0.25, 0.3) is 0 Å². The van der Waals surface area contributed by atoms with E-state index in [1.54, 1.807) is 26.1 Å². The molecule has 0 unspecified atom stereocenters. The molecule has 0 fully saturated rings. The minimum absolute atomic E-state index is 0.0224. The largest absolute Gasteiger partial charge is 0.466 e. The molecule has 1 aromatic carbocycles. The van der Waals surface area contributed by atoms with Gasteiger partial charge in [0.25, 0.3) is 5.91 Å². The molecule has 26 heavy (non-hydrogen) atoms. The van der Waals surface area contributed by atoms with Crippen LogP contribution in [-0.2, 0) is 27.8 Å². The van der Waals surface area contributed by atoms with Crippen molar-refractivity contribution in [3.05, 3.63) is 40.5 Å². The van der Waals surface area contributed by atoms with Crippen LogP contribution in [0.1, 0.15) is 29.8 Å². The van der Waals surface area contributed by atoms with E-state index in [1.165, 1.54) is 23.9 Å². The summed E-state index contributed by atoms with van der Waals surface area (Å²) < 4.78 is 6.36. The van der Waals surface area contributed by atoms with Gasteiger partial charge in [0.15, 0.2) is 0 Å². The van der Waals surface area contributed by atoms with Crippen LogP contribution >= 0.6 is 11.6 Å². The average Bonchev–Trinajstić information content (AvgIpc) is 2.89. The van der Waals surface area contributed by atoms with Gasteiger partial charge < -0.3 is 15.4 Å². The van der Waals surface area contributed by atoms with E-state index in [9.17, 15) is 14.4 Å². The van der Waals surface area contributed by atoms with Gasteiger partial charge in [0.2, 0.25) is 5.91 Å². The minimum Gasteiger partial charge on any atom is -0.466 e. The second-order valence-electron chi connectivity index (χ2n) is 5.45. The molecule has 0 spiro atoms. The Hall–Kier alpha value is -2.87. The molecule has 0 atom stereocenters. The number of nitrogens with one attached hydrogen (secondary N) is 2. The molecule has 0 saturated heterocycles. The molecule has 0 radical (unpaired) electrons. The van der Waals surface area contributed by atoms with Crippen molar-refractivity contribution in [2.24, 2.45) is 7.05 Å². The summed E-state index contributed by atoms with van der Waals surface area (Å²) in [4.78, 5) is 35.8. The summed E-state index contributed by atoms with van der Waals surface area (Å²) in [6, 6.07) is 4.56. The molecule has 0 bridgehead atoms. The molecule has 1 aromatic heterocycles. The molecule has 8 nitrogen and oxygen atoms in total. The number of aryl methyl sites for hydroxylation is 1. The molecular formula is C17H19ClN4O4. The van der Waals surface area contributed by atoms with E-state index in [1.807, 2.05) is 0 Å². The van der Waals surface area contributed by atoms with Crippen LogP contribution in [0, 0.1) is 0 Å². The van der Waals surface area contributed by atoms with Gasteiger partial charge in [0, 0.05) is 24.6 Å². The molecular weight excluding hydrogens is 360 g/mol. The van der Waals surface area contributed by atoms with Gasteiger partial charge in [-0.3, -0.25) is 19.1 Å². The second kappa shape index (κ2) is 8.48. The van der Waals surface area contributed by atoms with Gasteiger partial charge in [-0.1, -0.05) is 11.6 Å². The zero-order valence-electron chi connectivity index (χ0n) is 14.6. The molecule has 9 heteroatoms. The summed E-state index contributed by atoms with van der Waals surface area (Å²) in [6.45, 7) is 3.32. The van der Waals surface area contributed by atoms with Crippen LogP contribution in [0.3, 0.4) is 0 Å². The molecule has 138 valence electrons. The number of hydrogen-bond acceptors (Lipinski definition) is 5. The highest BCUT2D eigenvalue weighted by molar-refractivity contribution is 6.31. The molecule has 2 amide bonds. The maximum atomic E-state index is 12.7. The standard InChI is InChI=1S/C17H19ClN4O4/c1-4-26-15(24)7-11-9-19-22(3)16(11)21-17(25)13-8-12(18)5-6-14(13)20-10(2)23/h5-6,8-9H,4,7H2,1-3H3,(H,20,23)(H,21,25). The first-order valence-electron chi connectivity index (χ1n) is 7.86. The third kappa shape index (κ3) is 4.82. The first-order chi connectivity index (χ1) is 12.3. The zero-order valence-corrected chi connectivity index (χ0v) is 15.4. The van der Waals surface area contributed by atoms with Crippen molar-refractivity contribution in [2.75, 3.05) is 17.2 Å². The summed E-state index contributed by atoms with van der Waals surface area (Å²) in [5, 5.41) is 9.70. The summed E-state index contributed by atoms with van der Waals surface area (Å²) in [7, 11) is 1.64. The van der Waals surface area contributed by atoms with E-state index >= 15 is 0 Å². The Bertz CT molecular complexity index is 847. The Kier molecular flexibility index (Phi) is 6.35. The van der Waals surface area contributed by atoms with Gasteiger partial charge in [-0.25, -0.2) is 0 Å². The lowest BCUT2D eigenvalue weighted by atomic mass is 10.1. The van der Waals surface area contributed by atoms with Crippen LogP contribution in [0.5, 0.6) is 0 Å². The quantitative estimate of drug-likeness (QED) is 0.751. The minimum atomic E-state index is -0.495. The topological polar surface area (TPSA) is 102 Å². The molecule has 1 heterocycles. The Morgan fingerprint density at radius 2 is 2.00 bits per heavy atom. The summed E-state index contributed by atoms with van der Waals surface area (Å²) in [5.41, 5.74) is 1.03. The number of halogens is 1. The predicted octanol–water partition coefficient (Wildman–Crippen LogP) is 2.39. The first kappa shape index (κ1) is 19.5. The summed E-state index contributed by atoms with van der Waals surface area (Å²) >= 11 is 5.97. The second-order valence-corrected chi connectivity index (χ2v) is 5.89. The van der Waals surface area contributed by atoms with E-state index in [0.717, 1.165) is 0 Å². The number of nitrogens with zero attached hydrogens (tertiary/aromatic N) is 2. The van der Waals surface area contributed by atoms with Crippen LogP contribution in [-0.4, -0.2) is 34.2 Å². The van der Waals surface area contributed by atoms with Gasteiger partial charge in [-0.05, 0) is 25.1 Å².